The average Bonchev–Trinajstić information content (AvgIpc) is 2.58. The molecule has 0 atom stereocenters. The number of fused-ring (bicyclic) bond motifs is 1. The SMILES string of the molecule is O=C(COc1ccccc1C(F)(F)F)N1CCc2ccccc2C1. The first kappa shape index (κ1) is 16.4. The van der Waals surface area contributed by atoms with E-state index in [0.29, 0.717) is 13.1 Å². The minimum Gasteiger partial charge on any atom is -0.483 e. The molecule has 0 bridgehead atoms. The molecule has 1 heterocycles. The number of para-hydroxylation sites is 1. The smallest absolute Gasteiger partial charge is 0.419 e. The van der Waals surface area contributed by atoms with Crippen LogP contribution in [0.2, 0.25) is 0 Å². The Kier molecular flexibility index (Phi) is 4.46. The van der Waals surface area contributed by atoms with Gasteiger partial charge < -0.3 is 9.64 Å². The Hall–Kier alpha value is -2.50. The summed E-state index contributed by atoms with van der Waals surface area (Å²) in [7, 11) is 0. The fraction of sp³-hybridized carbons (Fsp3) is 0.278. The number of nitrogens with zero attached hydrogens (tertiary/aromatic N) is 1. The first-order valence-corrected chi connectivity index (χ1v) is 7.59. The van der Waals surface area contributed by atoms with Gasteiger partial charge in [0.05, 0.1) is 5.56 Å². The molecule has 2 aromatic carbocycles. The molecule has 3 nitrogen and oxygen atoms in total. The fourth-order valence-electron chi connectivity index (χ4n) is 2.77. The molecular weight excluding hydrogens is 319 g/mol. The molecule has 0 aliphatic carbocycles. The quantitative estimate of drug-likeness (QED) is 0.856. The van der Waals surface area contributed by atoms with E-state index < -0.39 is 18.3 Å². The molecule has 126 valence electrons. The van der Waals surface area contributed by atoms with Gasteiger partial charge >= 0.3 is 6.18 Å². The van der Waals surface area contributed by atoms with Gasteiger partial charge in [0.15, 0.2) is 6.61 Å². The van der Waals surface area contributed by atoms with Crippen molar-refractivity contribution >= 4 is 5.91 Å². The number of halogens is 3. The van der Waals surface area contributed by atoms with Crippen LogP contribution in [0.3, 0.4) is 0 Å². The van der Waals surface area contributed by atoms with Crippen molar-refractivity contribution in [1.82, 2.24) is 4.90 Å². The number of carbonyl (C=O) groups is 1. The molecule has 24 heavy (non-hydrogen) atoms. The van der Waals surface area contributed by atoms with Gasteiger partial charge in [-0.15, -0.1) is 0 Å². The van der Waals surface area contributed by atoms with Gasteiger partial charge in [-0.1, -0.05) is 36.4 Å². The molecule has 6 heteroatoms. The summed E-state index contributed by atoms with van der Waals surface area (Å²) in [4.78, 5) is 13.9. The Balaban J connectivity index is 1.65. The minimum absolute atomic E-state index is 0.318. The predicted octanol–water partition coefficient (Wildman–Crippen LogP) is 3.67. The largest absolute Gasteiger partial charge is 0.483 e. The molecule has 0 radical (unpaired) electrons. The molecule has 0 saturated heterocycles. The van der Waals surface area contributed by atoms with E-state index in [2.05, 4.69) is 0 Å². The molecule has 2 aromatic rings. The lowest BCUT2D eigenvalue weighted by Crippen LogP contribution is -2.38. The van der Waals surface area contributed by atoms with Crippen molar-refractivity contribution in [2.45, 2.75) is 19.1 Å². The predicted molar refractivity (Wildman–Crippen MR) is 82.5 cm³/mol. The Morgan fingerprint density at radius 2 is 1.71 bits per heavy atom. The van der Waals surface area contributed by atoms with E-state index in [1.54, 1.807) is 4.90 Å². The number of carbonyl (C=O) groups excluding carboxylic acids is 1. The first-order valence-electron chi connectivity index (χ1n) is 7.59. The van der Waals surface area contributed by atoms with Crippen LogP contribution in [0.25, 0.3) is 0 Å². The fourth-order valence-corrected chi connectivity index (χ4v) is 2.77. The second-order valence-corrected chi connectivity index (χ2v) is 5.62. The molecule has 0 aromatic heterocycles. The lowest BCUT2D eigenvalue weighted by molar-refractivity contribution is -0.141. The van der Waals surface area contributed by atoms with Crippen molar-refractivity contribution in [3.8, 4) is 5.75 Å². The Morgan fingerprint density at radius 1 is 1.04 bits per heavy atom. The Bertz CT molecular complexity index is 743. The zero-order valence-electron chi connectivity index (χ0n) is 12.8. The van der Waals surface area contributed by atoms with Crippen LogP contribution < -0.4 is 4.74 Å². The van der Waals surface area contributed by atoms with E-state index in [4.69, 9.17) is 4.74 Å². The van der Waals surface area contributed by atoms with Crippen molar-refractivity contribution < 1.29 is 22.7 Å². The molecule has 0 saturated carbocycles. The zero-order chi connectivity index (χ0) is 17.2. The highest BCUT2D eigenvalue weighted by Gasteiger charge is 2.34. The summed E-state index contributed by atoms with van der Waals surface area (Å²) in [6, 6.07) is 12.7. The highest BCUT2D eigenvalue weighted by Crippen LogP contribution is 2.35. The van der Waals surface area contributed by atoms with Crippen LogP contribution >= 0.6 is 0 Å². The number of rotatable bonds is 3. The standard InChI is InChI=1S/C18H16F3NO2/c19-18(20,21)15-7-3-4-8-16(15)24-12-17(23)22-10-9-13-5-1-2-6-14(13)11-22/h1-8H,9-12H2. The molecule has 0 spiro atoms. The molecule has 1 aliphatic heterocycles. The highest BCUT2D eigenvalue weighted by molar-refractivity contribution is 5.78. The van der Waals surface area contributed by atoms with E-state index in [1.807, 2.05) is 24.3 Å². The van der Waals surface area contributed by atoms with Crippen LogP contribution in [0, 0.1) is 0 Å². The summed E-state index contributed by atoms with van der Waals surface area (Å²) in [5, 5.41) is 0. The third-order valence-corrected chi connectivity index (χ3v) is 4.03. The Labute approximate surface area is 137 Å². The highest BCUT2D eigenvalue weighted by atomic mass is 19.4. The molecule has 1 aliphatic rings. The molecule has 0 unspecified atom stereocenters. The summed E-state index contributed by atoms with van der Waals surface area (Å²) < 4.78 is 43.9. The number of benzene rings is 2. The maximum Gasteiger partial charge on any atom is 0.419 e. The minimum atomic E-state index is -4.51. The van der Waals surface area contributed by atoms with Crippen LogP contribution in [0.5, 0.6) is 5.75 Å². The summed E-state index contributed by atoms with van der Waals surface area (Å²) in [6.45, 7) is 0.592. The van der Waals surface area contributed by atoms with Crippen molar-refractivity contribution in [1.29, 1.82) is 0 Å². The van der Waals surface area contributed by atoms with Gasteiger partial charge in [-0.2, -0.15) is 13.2 Å². The van der Waals surface area contributed by atoms with Crippen LogP contribution in [-0.4, -0.2) is 24.0 Å². The molecule has 1 amide bonds. The number of hydrogen-bond acceptors (Lipinski definition) is 2. The third-order valence-electron chi connectivity index (χ3n) is 4.03. The number of amides is 1. The lowest BCUT2D eigenvalue weighted by Gasteiger charge is -2.29. The molecule has 3 rings (SSSR count). The van der Waals surface area contributed by atoms with Crippen LogP contribution in [0.15, 0.2) is 48.5 Å². The van der Waals surface area contributed by atoms with Crippen LogP contribution in [-0.2, 0) is 23.9 Å². The maximum absolute atomic E-state index is 12.9. The third kappa shape index (κ3) is 3.53. The van der Waals surface area contributed by atoms with Crippen molar-refractivity contribution in [2.75, 3.05) is 13.2 Å². The van der Waals surface area contributed by atoms with E-state index in [1.165, 1.54) is 23.8 Å². The van der Waals surface area contributed by atoms with Crippen LogP contribution in [0.4, 0.5) is 13.2 Å². The van der Waals surface area contributed by atoms with E-state index in [0.717, 1.165) is 18.1 Å². The van der Waals surface area contributed by atoms with Gasteiger partial charge in [-0.05, 0) is 29.7 Å². The topological polar surface area (TPSA) is 29.5 Å². The lowest BCUT2D eigenvalue weighted by atomic mass is 10.00. The zero-order valence-corrected chi connectivity index (χ0v) is 12.8. The summed E-state index contributed by atoms with van der Waals surface area (Å²) in [6.07, 6.45) is -3.77. The van der Waals surface area contributed by atoms with Crippen molar-refractivity contribution in [3.05, 3.63) is 65.2 Å². The van der Waals surface area contributed by atoms with Gasteiger partial charge in [0.1, 0.15) is 5.75 Å². The van der Waals surface area contributed by atoms with E-state index in [-0.39, 0.29) is 11.7 Å². The summed E-state index contributed by atoms with van der Waals surface area (Å²) in [5.41, 5.74) is 1.39. The number of hydrogen-bond donors (Lipinski definition) is 0. The van der Waals surface area contributed by atoms with Crippen LogP contribution in [0.1, 0.15) is 16.7 Å². The van der Waals surface area contributed by atoms with Gasteiger partial charge in [-0.3, -0.25) is 4.79 Å². The Morgan fingerprint density at radius 3 is 2.46 bits per heavy atom. The van der Waals surface area contributed by atoms with E-state index in [9.17, 15) is 18.0 Å². The molecule has 0 N–H and O–H groups in total. The van der Waals surface area contributed by atoms with Crippen molar-refractivity contribution in [3.63, 3.8) is 0 Å². The second kappa shape index (κ2) is 6.55. The van der Waals surface area contributed by atoms with E-state index >= 15 is 0 Å². The normalized spacial score (nSPS) is 14.2. The second-order valence-electron chi connectivity index (χ2n) is 5.62. The summed E-state index contributed by atoms with van der Waals surface area (Å²) >= 11 is 0. The van der Waals surface area contributed by atoms with Gasteiger partial charge in [-0.25, -0.2) is 0 Å². The molecular formula is C18H16F3NO2. The van der Waals surface area contributed by atoms with Crippen molar-refractivity contribution in [2.24, 2.45) is 0 Å². The first-order chi connectivity index (χ1) is 11.4. The average molecular weight is 335 g/mol. The number of alkyl halides is 3. The summed E-state index contributed by atoms with van der Waals surface area (Å²) in [5.74, 6) is -0.641. The monoisotopic (exact) mass is 335 g/mol. The van der Waals surface area contributed by atoms with Gasteiger partial charge in [0.2, 0.25) is 0 Å². The maximum atomic E-state index is 12.9. The number of ether oxygens (including phenoxy) is 1. The van der Waals surface area contributed by atoms with Gasteiger partial charge in [0.25, 0.3) is 5.91 Å². The van der Waals surface area contributed by atoms with Gasteiger partial charge in [0, 0.05) is 13.1 Å². The molecule has 0 fully saturated rings.